The van der Waals surface area contributed by atoms with Crippen molar-refractivity contribution in [2.75, 3.05) is 26.9 Å². The van der Waals surface area contributed by atoms with Crippen molar-refractivity contribution in [1.82, 2.24) is 4.57 Å². The van der Waals surface area contributed by atoms with Crippen LogP contribution >= 0.6 is 11.3 Å². The van der Waals surface area contributed by atoms with Crippen LogP contribution in [0.4, 0.5) is 4.39 Å². The number of carbonyl (C=O) groups excluding carboxylic acids is 1. The van der Waals surface area contributed by atoms with Crippen molar-refractivity contribution in [1.29, 1.82) is 0 Å². The van der Waals surface area contributed by atoms with Crippen molar-refractivity contribution in [2.24, 2.45) is 4.99 Å². The Morgan fingerprint density at radius 1 is 0.957 bits per heavy atom. The van der Waals surface area contributed by atoms with Gasteiger partial charge in [0.05, 0.1) is 42.7 Å². The summed E-state index contributed by atoms with van der Waals surface area (Å²) in [4.78, 5) is 32.6. The topological polar surface area (TPSA) is 97.6 Å². The number of aromatic nitrogens is 1. The number of esters is 1. The average Bonchev–Trinajstić information content (AvgIpc) is 3.34. The fraction of sp³-hybridized carbons (Fsp3) is 0.286. The van der Waals surface area contributed by atoms with E-state index in [9.17, 15) is 14.0 Å². The van der Waals surface area contributed by atoms with Gasteiger partial charge in [0.2, 0.25) is 0 Å². The number of ether oxygens (including phenoxy) is 5. The summed E-state index contributed by atoms with van der Waals surface area (Å²) < 4.78 is 44.4. The standard InChI is InChI=1S/C35H35FN2O7S/c1-6-42-28-18-22(15-16-26(28)45-20-23-11-9-12-24(36)17-23)19-29-33(39)38-31(25-13-10-14-27(41-5)32(25)43-7-2)30(34(40)44-8-3)21(4)37-35(38)46-29/h9-19,31H,6-8,20H2,1-5H3/b29-19+/t31-/m0/s1. The van der Waals surface area contributed by atoms with E-state index in [4.69, 9.17) is 23.7 Å². The van der Waals surface area contributed by atoms with Crippen LogP contribution in [0.3, 0.4) is 0 Å². The lowest BCUT2D eigenvalue weighted by atomic mass is 9.94. The Labute approximate surface area is 269 Å². The van der Waals surface area contributed by atoms with Gasteiger partial charge >= 0.3 is 5.97 Å². The van der Waals surface area contributed by atoms with E-state index in [-0.39, 0.29) is 30.2 Å². The number of rotatable bonds is 12. The van der Waals surface area contributed by atoms with Gasteiger partial charge in [-0.1, -0.05) is 41.7 Å². The van der Waals surface area contributed by atoms with E-state index in [1.165, 1.54) is 35.1 Å². The quantitative estimate of drug-likeness (QED) is 0.192. The number of methoxy groups -OCH3 is 1. The molecule has 1 aromatic heterocycles. The number of hydrogen-bond donors (Lipinski definition) is 0. The number of allylic oxidation sites excluding steroid dienone is 1. The van der Waals surface area contributed by atoms with Crippen molar-refractivity contribution in [2.45, 2.75) is 40.3 Å². The maximum absolute atomic E-state index is 14.2. The molecule has 0 radical (unpaired) electrons. The molecule has 0 bridgehead atoms. The fourth-order valence-electron chi connectivity index (χ4n) is 5.23. The molecule has 1 atom stereocenters. The zero-order valence-corrected chi connectivity index (χ0v) is 27.1. The average molecular weight is 647 g/mol. The van der Waals surface area contributed by atoms with Gasteiger partial charge in [0.1, 0.15) is 18.5 Å². The van der Waals surface area contributed by atoms with Gasteiger partial charge in [-0.15, -0.1) is 0 Å². The molecule has 3 aromatic carbocycles. The lowest BCUT2D eigenvalue weighted by molar-refractivity contribution is -0.139. The van der Waals surface area contributed by atoms with Crippen LogP contribution < -0.4 is 33.8 Å². The second kappa shape index (κ2) is 14.5. The molecular formula is C35H35FN2O7S. The van der Waals surface area contributed by atoms with Crippen molar-refractivity contribution in [3.05, 3.63) is 114 Å². The van der Waals surface area contributed by atoms with E-state index < -0.39 is 12.0 Å². The van der Waals surface area contributed by atoms with Crippen molar-refractivity contribution in [3.8, 4) is 23.0 Å². The van der Waals surface area contributed by atoms with E-state index in [0.29, 0.717) is 67.9 Å². The zero-order chi connectivity index (χ0) is 32.8. The highest BCUT2D eigenvalue weighted by Crippen LogP contribution is 2.41. The highest BCUT2D eigenvalue weighted by Gasteiger charge is 2.36. The van der Waals surface area contributed by atoms with Gasteiger partial charge in [-0.3, -0.25) is 9.36 Å². The third-order valence-corrected chi connectivity index (χ3v) is 8.16. The Kier molecular flexibility index (Phi) is 10.2. The molecule has 0 saturated carbocycles. The summed E-state index contributed by atoms with van der Waals surface area (Å²) >= 11 is 1.21. The first kappa shape index (κ1) is 32.5. The van der Waals surface area contributed by atoms with Crippen LogP contribution in [0.1, 0.15) is 50.4 Å². The van der Waals surface area contributed by atoms with Gasteiger partial charge < -0.3 is 23.7 Å². The van der Waals surface area contributed by atoms with Gasteiger partial charge in [-0.2, -0.15) is 0 Å². The Balaban J connectivity index is 1.61. The maximum Gasteiger partial charge on any atom is 0.338 e. The van der Waals surface area contributed by atoms with E-state index in [2.05, 4.69) is 4.99 Å². The van der Waals surface area contributed by atoms with E-state index in [0.717, 1.165) is 0 Å². The highest BCUT2D eigenvalue weighted by atomic mass is 32.1. The van der Waals surface area contributed by atoms with Gasteiger partial charge in [-0.05, 0) is 75.2 Å². The van der Waals surface area contributed by atoms with E-state index in [1.54, 1.807) is 56.3 Å². The minimum atomic E-state index is -0.869. The van der Waals surface area contributed by atoms with Crippen LogP contribution in [-0.4, -0.2) is 37.5 Å². The number of halogens is 1. The molecule has 0 N–H and O–H groups in total. The SMILES string of the molecule is CCOC(=O)C1=C(C)N=c2s/c(=C/c3ccc(OCc4cccc(F)c4)c(OCC)c3)c(=O)n2[C@H]1c1cccc(OC)c1OCC. The monoisotopic (exact) mass is 646 g/mol. The van der Waals surface area contributed by atoms with Crippen LogP contribution in [-0.2, 0) is 16.1 Å². The zero-order valence-electron chi connectivity index (χ0n) is 26.3. The number of fused-ring (bicyclic) bond motifs is 1. The molecule has 0 saturated heterocycles. The molecule has 4 aromatic rings. The largest absolute Gasteiger partial charge is 0.493 e. The predicted molar refractivity (Wildman–Crippen MR) is 173 cm³/mol. The van der Waals surface area contributed by atoms with Crippen LogP contribution in [0.25, 0.3) is 6.08 Å². The molecular weight excluding hydrogens is 611 g/mol. The first-order chi connectivity index (χ1) is 22.3. The lowest BCUT2D eigenvalue weighted by Gasteiger charge is -2.26. The number of carbonyl (C=O) groups is 1. The number of para-hydroxylation sites is 1. The normalized spacial score (nSPS) is 14.4. The Morgan fingerprint density at radius 3 is 2.46 bits per heavy atom. The van der Waals surface area contributed by atoms with Crippen molar-refractivity contribution >= 4 is 23.4 Å². The molecule has 11 heteroatoms. The Bertz CT molecular complexity index is 1960. The Hall–Kier alpha value is -4.90. The molecule has 0 amide bonds. The number of nitrogens with zero attached hydrogens (tertiary/aromatic N) is 2. The highest BCUT2D eigenvalue weighted by molar-refractivity contribution is 7.07. The summed E-state index contributed by atoms with van der Waals surface area (Å²) in [7, 11) is 1.54. The molecule has 0 fully saturated rings. The maximum atomic E-state index is 14.2. The first-order valence-electron chi connectivity index (χ1n) is 14.9. The molecule has 2 heterocycles. The second-order valence-corrected chi connectivity index (χ2v) is 11.2. The predicted octanol–water partition coefficient (Wildman–Crippen LogP) is 5.32. The second-order valence-electron chi connectivity index (χ2n) is 10.2. The van der Waals surface area contributed by atoms with Crippen LogP contribution in [0.5, 0.6) is 23.0 Å². The van der Waals surface area contributed by atoms with Crippen molar-refractivity contribution < 1.29 is 32.9 Å². The smallest absolute Gasteiger partial charge is 0.338 e. The third-order valence-electron chi connectivity index (χ3n) is 7.18. The van der Waals surface area contributed by atoms with Crippen LogP contribution in [0.2, 0.25) is 0 Å². The van der Waals surface area contributed by atoms with E-state index >= 15 is 0 Å². The van der Waals surface area contributed by atoms with Crippen LogP contribution in [0.15, 0.2) is 81.7 Å². The Morgan fingerprint density at radius 2 is 1.74 bits per heavy atom. The van der Waals surface area contributed by atoms with Gasteiger partial charge in [0, 0.05) is 5.56 Å². The summed E-state index contributed by atoms with van der Waals surface area (Å²) in [6.07, 6.45) is 1.75. The minimum Gasteiger partial charge on any atom is -0.493 e. The molecule has 1 aliphatic rings. The summed E-state index contributed by atoms with van der Waals surface area (Å²) in [6.45, 7) is 8.22. The van der Waals surface area contributed by atoms with Crippen LogP contribution in [0, 0.1) is 5.82 Å². The third kappa shape index (κ3) is 6.69. The minimum absolute atomic E-state index is 0.159. The van der Waals surface area contributed by atoms with Gasteiger partial charge in [-0.25, -0.2) is 14.2 Å². The molecule has 5 rings (SSSR count). The molecule has 0 aliphatic carbocycles. The summed E-state index contributed by atoms with van der Waals surface area (Å²) in [5.74, 6) is 0.970. The fourth-order valence-corrected chi connectivity index (χ4v) is 6.28. The number of benzene rings is 3. The molecule has 1 aliphatic heterocycles. The molecule has 0 spiro atoms. The summed E-state index contributed by atoms with van der Waals surface area (Å²) in [5.41, 5.74) is 2.31. The first-order valence-corrected chi connectivity index (χ1v) is 15.7. The summed E-state index contributed by atoms with van der Waals surface area (Å²) in [5, 5.41) is 0. The number of hydrogen-bond acceptors (Lipinski definition) is 9. The number of thiazole rings is 1. The molecule has 240 valence electrons. The molecule has 46 heavy (non-hydrogen) atoms. The molecule has 9 nitrogen and oxygen atoms in total. The van der Waals surface area contributed by atoms with E-state index in [1.807, 2.05) is 26.0 Å². The van der Waals surface area contributed by atoms with Crippen molar-refractivity contribution in [3.63, 3.8) is 0 Å². The molecule has 0 unspecified atom stereocenters. The van der Waals surface area contributed by atoms with Gasteiger partial charge in [0.15, 0.2) is 27.8 Å². The summed E-state index contributed by atoms with van der Waals surface area (Å²) in [6, 6.07) is 16.0. The van der Waals surface area contributed by atoms with Gasteiger partial charge in [0.25, 0.3) is 5.56 Å². The lowest BCUT2D eigenvalue weighted by Crippen LogP contribution is -2.40.